The van der Waals surface area contributed by atoms with Gasteiger partial charge in [-0.05, 0) is 49.6 Å². The fourth-order valence-corrected chi connectivity index (χ4v) is 5.18. The van der Waals surface area contributed by atoms with E-state index in [-0.39, 0.29) is 6.04 Å². The van der Waals surface area contributed by atoms with E-state index in [0.29, 0.717) is 21.8 Å². The molecule has 1 rings (SSSR count). The van der Waals surface area contributed by atoms with Crippen molar-refractivity contribution in [2.75, 3.05) is 27.2 Å². The first kappa shape index (κ1) is 18.1. The van der Waals surface area contributed by atoms with Crippen LogP contribution in [0.2, 0.25) is 0 Å². The fraction of sp³-hybridized carbons (Fsp3) is 0.667. The van der Waals surface area contributed by atoms with Gasteiger partial charge in [-0.2, -0.15) is 0 Å². The Hall–Kier alpha value is 0.01000. The summed E-state index contributed by atoms with van der Waals surface area (Å²) in [5.74, 6) is 0. The van der Waals surface area contributed by atoms with Gasteiger partial charge in [0, 0.05) is 24.0 Å². The number of thiophene rings is 1. The van der Waals surface area contributed by atoms with Crippen molar-refractivity contribution in [3.63, 3.8) is 0 Å². The molecule has 1 unspecified atom stereocenters. The predicted molar refractivity (Wildman–Crippen MR) is 87.7 cm³/mol. The van der Waals surface area contributed by atoms with Crippen molar-refractivity contribution >= 4 is 37.3 Å². The molecule has 1 aromatic heterocycles. The number of halogens is 1. The van der Waals surface area contributed by atoms with Crippen molar-refractivity contribution in [2.24, 2.45) is 0 Å². The van der Waals surface area contributed by atoms with Crippen LogP contribution in [0.1, 0.15) is 18.7 Å². The molecule has 0 saturated heterocycles. The van der Waals surface area contributed by atoms with Crippen LogP contribution < -0.4 is 10.0 Å². The molecule has 0 bridgehead atoms. The van der Waals surface area contributed by atoms with Crippen LogP contribution >= 0.6 is 27.3 Å². The van der Waals surface area contributed by atoms with Gasteiger partial charge in [0.2, 0.25) is 10.0 Å². The van der Waals surface area contributed by atoms with Crippen LogP contribution in [0, 0.1) is 0 Å². The average molecular weight is 384 g/mol. The van der Waals surface area contributed by atoms with Gasteiger partial charge in [0.15, 0.2) is 0 Å². The lowest BCUT2D eigenvalue weighted by Crippen LogP contribution is -2.38. The molecule has 0 radical (unpaired) electrons. The summed E-state index contributed by atoms with van der Waals surface area (Å²) in [4.78, 5) is 3.29. The zero-order valence-corrected chi connectivity index (χ0v) is 15.5. The molecule has 8 heteroatoms. The highest BCUT2D eigenvalue weighted by atomic mass is 79.9. The van der Waals surface area contributed by atoms with Crippen LogP contribution in [0.25, 0.3) is 0 Å². The number of sulfonamides is 1. The van der Waals surface area contributed by atoms with E-state index < -0.39 is 10.0 Å². The Kier molecular flexibility index (Phi) is 7.10. The van der Waals surface area contributed by atoms with Crippen molar-refractivity contribution in [3.05, 3.63) is 14.7 Å². The summed E-state index contributed by atoms with van der Waals surface area (Å²) < 4.78 is 27.9. The normalized spacial score (nSPS) is 13.9. The molecular formula is C12H22BrN3O2S2. The zero-order valence-electron chi connectivity index (χ0n) is 12.2. The number of hydrogen-bond acceptors (Lipinski definition) is 5. The van der Waals surface area contributed by atoms with Crippen LogP contribution in [0.4, 0.5) is 0 Å². The van der Waals surface area contributed by atoms with Crippen LogP contribution in [-0.4, -0.2) is 46.5 Å². The largest absolute Gasteiger partial charge is 0.312 e. The maximum atomic E-state index is 12.3. The van der Waals surface area contributed by atoms with Gasteiger partial charge in [-0.1, -0.05) is 6.92 Å². The summed E-state index contributed by atoms with van der Waals surface area (Å²) in [6.07, 6.45) is 0. The van der Waals surface area contributed by atoms with Gasteiger partial charge in [0.25, 0.3) is 0 Å². The van der Waals surface area contributed by atoms with Crippen LogP contribution in [0.5, 0.6) is 0 Å². The topological polar surface area (TPSA) is 61.4 Å². The van der Waals surface area contributed by atoms with E-state index in [1.807, 2.05) is 32.8 Å². The molecule has 0 saturated carbocycles. The van der Waals surface area contributed by atoms with Gasteiger partial charge in [-0.15, -0.1) is 11.3 Å². The monoisotopic (exact) mass is 383 g/mol. The number of nitrogens with one attached hydrogen (secondary N) is 2. The summed E-state index contributed by atoms with van der Waals surface area (Å²) in [6.45, 7) is 5.92. The summed E-state index contributed by atoms with van der Waals surface area (Å²) >= 11 is 4.79. The third kappa shape index (κ3) is 5.09. The first-order chi connectivity index (χ1) is 9.27. The van der Waals surface area contributed by atoms with E-state index in [1.165, 1.54) is 11.3 Å². The maximum absolute atomic E-state index is 12.3. The fourth-order valence-electron chi connectivity index (χ4n) is 1.41. The molecule has 1 aromatic rings. The van der Waals surface area contributed by atoms with Crippen molar-refractivity contribution < 1.29 is 8.42 Å². The lowest BCUT2D eigenvalue weighted by atomic mass is 10.3. The Morgan fingerprint density at radius 1 is 1.45 bits per heavy atom. The van der Waals surface area contributed by atoms with Crippen molar-refractivity contribution in [3.8, 4) is 0 Å². The number of rotatable bonds is 8. The molecule has 0 amide bonds. The second-order valence-electron chi connectivity index (χ2n) is 4.80. The second kappa shape index (κ2) is 7.86. The minimum atomic E-state index is -3.46. The van der Waals surface area contributed by atoms with Crippen LogP contribution in [-0.2, 0) is 16.6 Å². The lowest BCUT2D eigenvalue weighted by Gasteiger charge is -2.19. The lowest BCUT2D eigenvalue weighted by molar-refractivity contribution is 0.314. The van der Waals surface area contributed by atoms with Crippen molar-refractivity contribution in [1.29, 1.82) is 0 Å². The maximum Gasteiger partial charge on any atom is 0.242 e. The predicted octanol–water partition coefficient (Wildman–Crippen LogP) is 1.85. The third-order valence-corrected chi connectivity index (χ3v) is 6.67. The van der Waals surface area contributed by atoms with Crippen molar-refractivity contribution in [2.45, 2.75) is 31.3 Å². The highest BCUT2D eigenvalue weighted by molar-refractivity contribution is 9.11. The Morgan fingerprint density at radius 2 is 2.10 bits per heavy atom. The molecule has 0 aliphatic heterocycles. The van der Waals surface area contributed by atoms with E-state index in [4.69, 9.17) is 0 Å². The van der Waals surface area contributed by atoms with Gasteiger partial charge < -0.3 is 10.2 Å². The molecule has 5 nitrogen and oxygen atoms in total. The summed E-state index contributed by atoms with van der Waals surface area (Å²) in [5, 5.41) is 3.19. The molecule has 0 aliphatic rings. The number of likely N-dealkylation sites (N-methyl/N-ethyl adjacent to an activating group) is 1. The first-order valence-corrected chi connectivity index (χ1v) is 9.52. The van der Waals surface area contributed by atoms with Gasteiger partial charge in [0.1, 0.15) is 4.90 Å². The number of hydrogen-bond donors (Lipinski definition) is 2. The van der Waals surface area contributed by atoms with Gasteiger partial charge >= 0.3 is 0 Å². The van der Waals surface area contributed by atoms with E-state index >= 15 is 0 Å². The molecule has 0 aromatic carbocycles. The minimum Gasteiger partial charge on any atom is -0.312 e. The Balaban J connectivity index is 2.79. The van der Waals surface area contributed by atoms with Crippen molar-refractivity contribution in [1.82, 2.24) is 14.9 Å². The quantitative estimate of drug-likeness (QED) is 0.718. The molecule has 1 atom stereocenters. The SMILES string of the molecule is CCNCc1cc(S(=O)(=O)NCC(C)N(C)C)c(Br)s1. The summed E-state index contributed by atoms with van der Waals surface area (Å²) in [5.41, 5.74) is 0. The Morgan fingerprint density at radius 3 is 2.65 bits per heavy atom. The molecular weight excluding hydrogens is 362 g/mol. The highest BCUT2D eigenvalue weighted by Gasteiger charge is 2.21. The molecule has 0 fully saturated rings. The average Bonchev–Trinajstić information content (AvgIpc) is 2.75. The first-order valence-electron chi connectivity index (χ1n) is 6.43. The Bertz CT molecular complexity index is 529. The number of nitrogens with zero attached hydrogens (tertiary/aromatic N) is 1. The third-order valence-electron chi connectivity index (χ3n) is 3.00. The second-order valence-corrected chi connectivity index (χ2v) is 8.99. The molecule has 20 heavy (non-hydrogen) atoms. The molecule has 0 spiro atoms. The highest BCUT2D eigenvalue weighted by Crippen LogP contribution is 2.31. The van der Waals surface area contributed by atoms with Crippen LogP contribution in [0.15, 0.2) is 14.7 Å². The molecule has 0 aliphatic carbocycles. The van der Waals surface area contributed by atoms with Crippen LogP contribution in [0.3, 0.4) is 0 Å². The van der Waals surface area contributed by atoms with E-state index in [0.717, 1.165) is 11.4 Å². The van der Waals surface area contributed by atoms with Gasteiger partial charge in [-0.3, -0.25) is 0 Å². The Labute approximate surface area is 133 Å². The summed E-state index contributed by atoms with van der Waals surface area (Å²) in [6, 6.07) is 1.86. The van der Waals surface area contributed by atoms with Gasteiger partial charge in [0.05, 0.1) is 3.79 Å². The standard InChI is InChI=1S/C12H22BrN3O2S2/c1-5-14-8-10-6-11(12(13)19-10)20(17,18)15-7-9(2)16(3)4/h6,9,14-15H,5,7-8H2,1-4H3. The smallest absolute Gasteiger partial charge is 0.242 e. The van der Waals surface area contributed by atoms with E-state index in [9.17, 15) is 8.42 Å². The minimum absolute atomic E-state index is 0.142. The zero-order chi connectivity index (χ0) is 15.3. The molecule has 2 N–H and O–H groups in total. The molecule has 116 valence electrons. The van der Waals surface area contributed by atoms with Gasteiger partial charge in [-0.25, -0.2) is 13.1 Å². The molecule has 1 heterocycles. The van der Waals surface area contributed by atoms with E-state index in [2.05, 4.69) is 26.0 Å². The van der Waals surface area contributed by atoms with E-state index in [1.54, 1.807) is 6.07 Å². The summed E-state index contributed by atoms with van der Waals surface area (Å²) in [7, 11) is 0.385.